The van der Waals surface area contributed by atoms with Gasteiger partial charge in [0.2, 0.25) is 5.91 Å². The van der Waals surface area contributed by atoms with Crippen molar-refractivity contribution in [3.05, 3.63) is 30.1 Å². The molecule has 2 N–H and O–H groups in total. The van der Waals surface area contributed by atoms with Crippen LogP contribution in [0, 0.1) is 5.41 Å². The molecule has 0 spiro atoms. The summed E-state index contributed by atoms with van der Waals surface area (Å²) < 4.78 is 0. The van der Waals surface area contributed by atoms with Crippen LogP contribution in [0.2, 0.25) is 0 Å². The van der Waals surface area contributed by atoms with E-state index in [2.05, 4.69) is 10.3 Å². The Morgan fingerprint density at radius 1 is 1.39 bits per heavy atom. The molecule has 1 atom stereocenters. The number of aliphatic carboxylic acids is 1. The fraction of sp³-hybridized carbons (Fsp3) is 0.462. The fourth-order valence-electron chi connectivity index (χ4n) is 1.50. The zero-order chi connectivity index (χ0) is 13.8. The van der Waals surface area contributed by atoms with Crippen molar-refractivity contribution in [2.24, 2.45) is 5.41 Å². The number of pyridine rings is 1. The summed E-state index contributed by atoms with van der Waals surface area (Å²) in [5.41, 5.74) is -0.117. The van der Waals surface area contributed by atoms with Crippen molar-refractivity contribution in [3.8, 4) is 0 Å². The zero-order valence-corrected chi connectivity index (χ0v) is 10.8. The Hall–Kier alpha value is -1.91. The lowest BCUT2D eigenvalue weighted by Crippen LogP contribution is -2.34. The number of rotatable bonds is 5. The number of nitrogens with zero attached hydrogens (tertiary/aromatic N) is 1. The molecule has 1 amide bonds. The minimum atomic E-state index is -1.05. The van der Waals surface area contributed by atoms with E-state index >= 15 is 0 Å². The van der Waals surface area contributed by atoms with E-state index in [1.54, 1.807) is 12.4 Å². The van der Waals surface area contributed by atoms with Crippen LogP contribution in [0.4, 0.5) is 0 Å². The number of aromatic nitrogens is 1. The van der Waals surface area contributed by atoms with Gasteiger partial charge in [0.15, 0.2) is 0 Å². The molecule has 0 radical (unpaired) electrons. The van der Waals surface area contributed by atoms with Crippen LogP contribution in [-0.4, -0.2) is 22.0 Å². The SMILES string of the molecule is C[C@H](NC(=O)CC(C)(C)C(=O)O)c1ccncc1. The van der Waals surface area contributed by atoms with E-state index < -0.39 is 11.4 Å². The molecule has 1 aromatic heterocycles. The minimum Gasteiger partial charge on any atom is -0.481 e. The van der Waals surface area contributed by atoms with E-state index in [0.717, 1.165) is 5.56 Å². The van der Waals surface area contributed by atoms with Gasteiger partial charge < -0.3 is 10.4 Å². The Bertz CT molecular complexity index is 429. The number of carboxylic acids is 1. The lowest BCUT2D eigenvalue weighted by molar-refractivity contribution is -0.149. The third-order valence-electron chi connectivity index (χ3n) is 2.77. The molecule has 0 unspecified atom stereocenters. The Morgan fingerprint density at radius 2 is 1.94 bits per heavy atom. The highest BCUT2D eigenvalue weighted by Crippen LogP contribution is 2.21. The van der Waals surface area contributed by atoms with E-state index in [9.17, 15) is 9.59 Å². The molecule has 1 aromatic rings. The second-order valence-corrected chi connectivity index (χ2v) is 4.94. The van der Waals surface area contributed by atoms with Crippen LogP contribution in [0.1, 0.15) is 38.8 Å². The van der Waals surface area contributed by atoms with Gasteiger partial charge in [0.1, 0.15) is 0 Å². The standard InChI is InChI=1S/C13H18N2O3/c1-9(10-4-6-14-7-5-10)15-11(16)8-13(2,3)12(17)18/h4-7,9H,8H2,1-3H3,(H,15,16)(H,17,18)/t9-/m0/s1. The molecular weight excluding hydrogens is 232 g/mol. The molecule has 1 rings (SSSR count). The van der Waals surface area contributed by atoms with Crippen LogP contribution in [0.3, 0.4) is 0 Å². The summed E-state index contributed by atoms with van der Waals surface area (Å²) in [6, 6.07) is 3.46. The van der Waals surface area contributed by atoms with E-state index in [4.69, 9.17) is 5.11 Å². The first-order chi connectivity index (χ1) is 8.33. The van der Waals surface area contributed by atoms with Gasteiger partial charge in [0, 0.05) is 18.8 Å². The van der Waals surface area contributed by atoms with Gasteiger partial charge >= 0.3 is 5.97 Å². The van der Waals surface area contributed by atoms with Gasteiger partial charge in [-0.25, -0.2) is 0 Å². The molecule has 0 aliphatic rings. The van der Waals surface area contributed by atoms with E-state index in [1.807, 2.05) is 19.1 Å². The molecular formula is C13H18N2O3. The monoisotopic (exact) mass is 250 g/mol. The van der Waals surface area contributed by atoms with Crippen LogP contribution in [0.5, 0.6) is 0 Å². The molecule has 5 nitrogen and oxygen atoms in total. The first-order valence-corrected chi connectivity index (χ1v) is 5.75. The molecule has 0 saturated heterocycles. The van der Waals surface area contributed by atoms with Crippen molar-refractivity contribution in [1.82, 2.24) is 10.3 Å². The van der Waals surface area contributed by atoms with Gasteiger partial charge in [0.05, 0.1) is 11.5 Å². The highest BCUT2D eigenvalue weighted by molar-refractivity contribution is 5.84. The number of hydrogen-bond acceptors (Lipinski definition) is 3. The molecule has 5 heteroatoms. The predicted octanol–water partition coefficient (Wildman–Crippen LogP) is 1.76. The number of amides is 1. The summed E-state index contributed by atoms with van der Waals surface area (Å²) in [4.78, 5) is 26.6. The molecule has 0 saturated carbocycles. The Kier molecular flexibility index (Phi) is 4.42. The largest absolute Gasteiger partial charge is 0.481 e. The highest BCUT2D eigenvalue weighted by Gasteiger charge is 2.30. The third-order valence-corrected chi connectivity index (χ3v) is 2.77. The predicted molar refractivity (Wildman–Crippen MR) is 66.8 cm³/mol. The Balaban J connectivity index is 2.58. The van der Waals surface area contributed by atoms with Crippen molar-refractivity contribution in [1.29, 1.82) is 0 Å². The van der Waals surface area contributed by atoms with Crippen molar-refractivity contribution in [2.75, 3.05) is 0 Å². The van der Waals surface area contributed by atoms with Crippen molar-refractivity contribution in [3.63, 3.8) is 0 Å². The van der Waals surface area contributed by atoms with Gasteiger partial charge in [-0.3, -0.25) is 14.6 Å². The second kappa shape index (κ2) is 5.62. The lowest BCUT2D eigenvalue weighted by Gasteiger charge is -2.20. The molecule has 98 valence electrons. The molecule has 0 aromatic carbocycles. The number of carbonyl (C=O) groups is 2. The average molecular weight is 250 g/mol. The molecule has 0 fully saturated rings. The Morgan fingerprint density at radius 3 is 2.44 bits per heavy atom. The summed E-state index contributed by atoms with van der Waals surface area (Å²) >= 11 is 0. The summed E-state index contributed by atoms with van der Waals surface area (Å²) in [6.07, 6.45) is 3.26. The number of carbonyl (C=O) groups excluding carboxylic acids is 1. The smallest absolute Gasteiger partial charge is 0.309 e. The average Bonchev–Trinajstić information content (AvgIpc) is 2.29. The van der Waals surface area contributed by atoms with Crippen LogP contribution in [-0.2, 0) is 9.59 Å². The first-order valence-electron chi connectivity index (χ1n) is 5.75. The molecule has 0 aliphatic carbocycles. The molecule has 0 bridgehead atoms. The van der Waals surface area contributed by atoms with Crippen molar-refractivity contribution >= 4 is 11.9 Å². The summed E-state index contributed by atoms with van der Waals surface area (Å²) in [5.74, 6) is -1.25. The third kappa shape index (κ3) is 3.84. The van der Waals surface area contributed by atoms with Gasteiger partial charge in [-0.15, -0.1) is 0 Å². The highest BCUT2D eigenvalue weighted by atomic mass is 16.4. The Labute approximate surface area is 106 Å². The maximum atomic E-state index is 11.8. The minimum absolute atomic E-state index is 0.0439. The maximum Gasteiger partial charge on any atom is 0.309 e. The number of hydrogen-bond donors (Lipinski definition) is 2. The van der Waals surface area contributed by atoms with E-state index in [1.165, 1.54) is 13.8 Å². The summed E-state index contributed by atoms with van der Waals surface area (Å²) in [7, 11) is 0. The van der Waals surface area contributed by atoms with Gasteiger partial charge in [-0.05, 0) is 38.5 Å². The van der Waals surface area contributed by atoms with E-state index in [-0.39, 0.29) is 18.4 Å². The van der Waals surface area contributed by atoms with Gasteiger partial charge in [0.25, 0.3) is 0 Å². The van der Waals surface area contributed by atoms with E-state index in [0.29, 0.717) is 0 Å². The van der Waals surface area contributed by atoms with Crippen molar-refractivity contribution in [2.45, 2.75) is 33.2 Å². The number of carboxylic acid groups (broad SMARTS) is 1. The zero-order valence-electron chi connectivity index (χ0n) is 10.8. The van der Waals surface area contributed by atoms with Crippen LogP contribution >= 0.6 is 0 Å². The fourth-order valence-corrected chi connectivity index (χ4v) is 1.50. The maximum absolute atomic E-state index is 11.8. The normalized spacial score (nSPS) is 12.8. The van der Waals surface area contributed by atoms with Gasteiger partial charge in [-0.2, -0.15) is 0 Å². The van der Waals surface area contributed by atoms with Crippen LogP contribution in [0.15, 0.2) is 24.5 Å². The van der Waals surface area contributed by atoms with Gasteiger partial charge in [-0.1, -0.05) is 0 Å². The molecule has 18 heavy (non-hydrogen) atoms. The van der Waals surface area contributed by atoms with Crippen LogP contribution < -0.4 is 5.32 Å². The lowest BCUT2D eigenvalue weighted by atomic mass is 9.89. The number of nitrogens with one attached hydrogen (secondary N) is 1. The quantitative estimate of drug-likeness (QED) is 0.834. The summed E-state index contributed by atoms with van der Waals surface area (Å²) in [6.45, 7) is 4.92. The molecule has 1 heterocycles. The first kappa shape index (κ1) is 14.2. The topological polar surface area (TPSA) is 79.3 Å². The van der Waals surface area contributed by atoms with Crippen molar-refractivity contribution < 1.29 is 14.7 Å². The molecule has 0 aliphatic heterocycles. The summed E-state index contributed by atoms with van der Waals surface area (Å²) in [5, 5.41) is 11.7. The second-order valence-electron chi connectivity index (χ2n) is 4.94. The van der Waals surface area contributed by atoms with Crippen LogP contribution in [0.25, 0.3) is 0 Å².